The molecule has 0 aromatic carbocycles. The number of amides is 1. The summed E-state index contributed by atoms with van der Waals surface area (Å²) in [5, 5.41) is 0. The molecule has 3 heteroatoms. The minimum absolute atomic E-state index is 0.0290. The van der Waals surface area contributed by atoms with Gasteiger partial charge >= 0.3 is 0 Å². The standard InChI is InChI=1S/C11H19NO2.2C2H6/c1-8(13)9-6-4-5-7-10(9)11(14)12(2)3;2*1-2/h9-10H,4-7H2,1-3H3;2*1-2H3. The SMILES string of the molecule is CC.CC.CC(=O)C1CCCCC1C(=O)N(C)C. The highest BCUT2D eigenvalue weighted by molar-refractivity contribution is 5.87. The van der Waals surface area contributed by atoms with Crippen LogP contribution in [0.5, 0.6) is 0 Å². The molecule has 108 valence electrons. The highest BCUT2D eigenvalue weighted by Crippen LogP contribution is 2.31. The third-order valence-electron chi connectivity index (χ3n) is 3.05. The average Bonchev–Trinajstić information content (AvgIpc) is 2.42. The van der Waals surface area contributed by atoms with Crippen molar-refractivity contribution in [2.75, 3.05) is 14.1 Å². The lowest BCUT2D eigenvalue weighted by Gasteiger charge is -2.30. The summed E-state index contributed by atoms with van der Waals surface area (Å²) in [5.74, 6) is 0.199. The van der Waals surface area contributed by atoms with Gasteiger partial charge in [0, 0.05) is 25.9 Å². The third-order valence-corrected chi connectivity index (χ3v) is 3.05. The molecule has 0 aromatic heterocycles. The first-order valence-corrected chi connectivity index (χ1v) is 7.25. The maximum atomic E-state index is 11.8. The van der Waals surface area contributed by atoms with E-state index in [2.05, 4.69) is 0 Å². The van der Waals surface area contributed by atoms with Crippen LogP contribution in [0.4, 0.5) is 0 Å². The Morgan fingerprint density at radius 2 is 1.28 bits per heavy atom. The zero-order chi connectivity index (χ0) is 14.7. The highest BCUT2D eigenvalue weighted by Gasteiger charge is 2.34. The minimum Gasteiger partial charge on any atom is -0.349 e. The first-order valence-electron chi connectivity index (χ1n) is 7.25. The van der Waals surface area contributed by atoms with Gasteiger partial charge in [0.1, 0.15) is 5.78 Å². The van der Waals surface area contributed by atoms with Gasteiger partial charge in [0.15, 0.2) is 0 Å². The van der Waals surface area contributed by atoms with E-state index in [-0.39, 0.29) is 23.5 Å². The van der Waals surface area contributed by atoms with Crippen molar-refractivity contribution >= 4 is 11.7 Å². The van der Waals surface area contributed by atoms with Gasteiger partial charge in [0.25, 0.3) is 0 Å². The summed E-state index contributed by atoms with van der Waals surface area (Å²) in [4.78, 5) is 24.8. The molecular formula is C15H31NO2. The Balaban J connectivity index is 0. The molecule has 1 amide bonds. The molecule has 1 saturated carbocycles. The van der Waals surface area contributed by atoms with Gasteiger partial charge in [-0.3, -0.25) is 9.59 Å². The van der Waals surface area contributed by atoms with Crippen LogP contribution in [0.2, 0.25) is 0 Å². The molecule has 0 aliphatic heterocycles. The number of Topliss-reactive ketones (excluding diaryl/α,β-unsaturated/α-hetero) is 1. The zero-order valence-electron chi connectivity index (χ0n) is 13.2. The van der Waals surface area contributed by atoms with Crippen molar-refractivity contribution in [3.05, 3.63) is 0 Å². The van der Waals surface area contributed by atoms with Crippen LogP contribution < -0.4 is 0 Å². The van der Waals surface area contributed by atoms with Crippen molar-refractivity contribution < 1.29 is 9.59 Å². The van der Waals surface area contributed by atoms with Crippen LogP contribution in [0.25, 0.3) is 0 Å². The molecule has 1 fully saturated rings. The maximum absolute atomic E-state index is 11.8. The van der Waals surface area contributed by atoms with Gasteiger partial charge in [0.05, 0.1) is 0 Å². The zero-order valence-corrected chi connectivity index (χ0v) is 13.2. The minimum atomic E-state index is -0.0590. The summed E-state index contributed by atoms with van der Waals surface area (Å²) >= 11 is 0. The molecule has 0 radical (unpaired) electrons. The van der Waals surface area contributed by atoms with E-state index >= 15 is 0 Å². The Hall–Kier alpha value is -0.860. The lowest BCUT2D eigenvalue weighted by atomic mass is 9.76. The Bertz CT molecular complexity index is 237. The van der Waals surface area contributed by atoms with Crippen molar-refractivity contribution in [1.29, 1.82) is 0 Å². The Labute approximate surface area is 113 Å². The van der Waals surface area contributed by atoms with E-state index in [0.717, 1.165) is 25.7 Å². The number of hydrogen-bond donors (Lipinski definition) is 0. The summed E-state index contributed by atoms with van der Waals surface area (Å²) in [6, 6.07) is 0. The Kier molecular flexibility index (Phi) is 12.2. The maximum Gasteiger partial charge on any atom is 0.225 e. The smallest absolute Gasteiger partial charge is 0.225 e. The molecule has 3 nitrogen and oxygen atoms in total. The monoisotopic (exact) mass is 257 g/mol. The molecule has 0 bridgehead atoms. The fraction of sp³-hybridized carbons (Fsp3) is 0.867. The number of carbonyl (C=O) groups excluding carboxylic acids is 2. The molecule has 0 saturated heterocycles. The highest BCUT2D eigenvalue weighted by atomic mass is 16.2. The van der Waals surface area contributed by atoms with Gasteiger partial charge in [-0.25, -0.2) is 0 Å². The summed E-state index contributed by atoms with van der Waals surface area (Å²) in [7, 11) is 3.52. The Morgan fingerprint density at radius 1 is 0.889 bits per heavy atom. The van der Waals surface area contributed by atoms with Crippen molar-refractivity contribution in [3.63, 3.8) is 0 Å². The number of rotatable bonds is 2. The molecule has 2 unspecified atom stereocenters. The van der Waals surface area contributed by atoms with Crippen LogP contribution >= 0.6 is 0 Å². The predicted octanol–water partition coefficient (Wildman–Crippen LogP) is 3.52. The fourth-order valence-corrected chi connectivity index (χ4v) is 2.24. The quantitative estimate of drug-likeness (QED) is 0.759. The van der Waals surface area contributed by atoms with Gasteiger partial charge in [-0.15, -0.1) is 0 Å². The predicted molar refractivity (Wildman–Crippen MR) is 77.5 cm³/mol. The fourth-order valence-electron chi connectivity index (χ4n) is 2.24. The van der Waals surface area contributed by atoms with Crippen molar-refractivity contribution in [3.8, 4) is 0 Å². The van der Waals surface area contributed by atoms with E-state index in [4.69, 9.17) is 0 Å². The van der Waals surface area contributed by atoms with Gasteiger partial charge in [0.2, 0.25) is 5.91 Å². The molecule has 0 heterocycles. The average molecular weight is 257 g/mol. The molecule has 2 atom stereocenters. The number of ketones is 1. The first kappa shape index (κ1) is 19.5. The first-order chi connectivity index (χ1) is 8.54. The second-order valence-electron chi connectivity index (χ2n) is 4.34. The molecule has 1 rings (SSSR count). The molecule has 1 aliphatic rings. The largest absolute Gasteiger partial charge is 0.349 e. The van der Waals surface area contributed by atoms with Gasteiger partial charge in [-0.05, 0) is 19.8 Å². The second kappa shape index (κ2) is 11.2. The van der Waals surface area contributed by atoms with Crippen LogP contribution in [0.3, 0.4) is 0 Å². The number of hydrogen-bond acceptors (Lipinski definition) is 2. The number of nitrogens with zero attached hydrogens (tertiary/aromatic N) is 1. The van der Waals surface area contributed by atoms with Crippen molar-refractivity contribution in [1.82, 2.24) is 4.90 Å². The van der Waals surface area contributed by atoms with E-state index < -0.39 is 0 Å². The van der Waals surface area contributed by atoms with Gasteiger partial charge < -0.3 is 4.90 Å². The molecule has 1 aliphatic carbocycles. The van der Waals surface area contributed by atoms with Crippen LogP contribution in [0.15, 0.2) is 0 Å². The summed E-state index contributed by atoms with van der Waals surface area (Å²) in [6.07, 6.45) is 3.93. The topological polar surface area (TPSA) is 37.4 Å². The lowest BCUT2D eigenvalue weighted by Crippen LogP contribution is -2.38. The van der Waals surface area contributed by atoms with Crippen LogP contribution in [0, 0.1) is 11.8 Å². The number of carbonyl (C=O) groups is 2. The molecule has 0 spiro atoms. The van der Waals surface area contributed by atoms with Crippen molar-refractivity contribution in [2.45, 2.75) is 60.3 Å². The molecule has 0 aromatic rings. The summed E-state index contributed by atoms with van der Waals surface area (Å²) in [6.45, 7) is 9.60. The molecule has 18 heavy (non-hydrogen) atoms. The third kappa shape index (κ3) is 6.18. The van der Waals surface area contributed by atoms with Crippen molar-refractivity contribution in [2.24, 2.45) is 11.8 Å². The van der Waals surface area contributed by atoms with E-state index in [9.17, 15) is 9.59 Å². The van der Waals surface area contributed by atoms with E-state index in [0.29, 0.717) is 0 Å². The van der Waals surface area contributed by atoms with Crippen LogP contribution in [-0.4, -0.2) is 30.7 Å². The molecule has 0 N–H and O–H groups in total. The summed E-state index contributed by atoms with van der Waals surface area (Å²) in [5.41, 5.74) is 0. The molecular weight excluding hydrogens is 226 g/mol. The normalized spacial score (nSPS) is 21.7. The van der Waals surface area contributed by atoms with Gasteiger partial charge in [-0.1, -0.05) is 40.5 Å². The lowest BCUT2D eigenvalue weighted by molar-refractivity contribution is -0.140. The van der Waals surface area contributed by atoms with Gasteiger partial charge in [-0.2, -0.15) is 0 Å². The van der Waals surface area contributed by atoms with Crippen LogP contribution in [0.1, 0.15) is 60.3 Å². The van der Waals surface area contributed by atoms with E-state index in [1.165, 1.54) is 0 Å². The van der Waals surface area contributed by atoms with Crippen LogP contribution in [-0.2, 0) is 9.59 Å². The second-order valence-corrected chi connectivity index (χ2v) is 4.34. The van der Waals surface area contributed by atoms with E-state index in [1.54, 1.807) is 25.9 Å². The summed E-state index contributed by atoms with van der Waals surface area (Å²) < 4.78 is 0. The Morgan fingerprint density at radius 3 is 1.61 bits per heavy atom. The van der Waals surface area contributed by atoms with E-state index in [1.807, 2.05) is 27.7 Å².